The number of carbonyl (C=O) groups is 3. The van der Waals surface area contributed by atoms with E-state index in [2.05, 4.69) is 5.32 Å². The fourth-order valence-electron chi connectivity index (χ4n) is 2.55. The molecule has 0 bridgehead atoms. The first-order valence-corrected chi connectivity index (χ1v) is 7.90. The Morgan fingerprint density at radius 3 is 1.20 bits per heavy atom. The second-order valence-electron chi connectivity index (χ2n) is 5.76. The molecule has 0 atom stereocenters. The van der Waals surface area contributed by atoms with Gasteiger partial charge < -0.3 is 20.6 Å². The van der Waals surface area contributed by atoms with Crippen LogP contribution >= 0.6 is 17.0 Å². The number of rotatable bonds is 6. The molecular weight excluding hydrogens is 400 g/mol. The van der Waals surface area contributed by atoms with Crippen LogP contribution in [0.2, 0.25) is 0 Å². The molecule has 0 aliphatic carbocycles. The average molecular weight is 427 g/mol. The number of nitrogens with one attached hydrogen (secondary N) is 1. The topological polar surface area (TPSA) is 134 Å². The van der Waals surface area contributed by atoms with Crippen LogP contribution in [-0.4, -0.2) is 120 Å². The van der Waals surface area contributed by atoms with E-state index in [9.17, 15) is 14.4 Å². The molecule has 0 spiro atoms. The van der Waals surface area contributed by atoms with Crippen LogP contribution in [0, 0.1) is 0 Å². The summed E-state index contributed by atoms with van der Waals surface area (Å²) in [6, 6.07) is 0. The standard InChI is InChI=1S/C14H26N4O6.BrH/c19-12(20)9-16-3-1-15-2-4-17(10-13(21)22)6-8-18(7-5-16)11-14(23)24;/h15H,1-11H2,(H,19,20)(H,21,22)(H,23,24);1H. The van der Waals surface area contributed by atoms with Crippen LogP contribution in [0.25, 0.3) is 0 Å². The van der Waals surface area contributed by atoms with Crippen LogP contribution < -0.4 is 5.32 Å². The first-order valence-electron chi connectivity index (χ1n) is 7.90. The molecule has 1 aliphatic rings. The Kier molecular flexibility index (Phi) is 12.3. The van der Waals surface area contributed by atoms with Crippen LogP contribution in [0.1, 0.15) is 0 Å². The molecule has 0 aromatic heterocycles. The molecule has 1 aliphatic heterocycles. The summed E-state index contributed by atoms with van der Waals surface area (Å²) in [6.45, 7) is 3.64. The molecule has 25 heavy (non-hydrogen) atoms. The van der Waals surface area contributed by atoms with Gasteiger partial charge in [0.1, 0.15) is 0 Å². The number of nitrogens with zero attached hydrogens (tertiary/aromatic N) is 3. The van der Waals surface area contributed by atoms with Gasteiger partial charge in [-0.05, 0) is 0 Å². The van der Waals surface area contributed by atoms with E-state index in [1.54, 1.807) is 14.7 Å². The Bertz CT molecular complexity index is 410. The highest BCUT2D eigenvalue weighted by Crippen LogP contribution is 1.97. The van der Waals surface area contributed by atoms with Crippen molar-refractivity contribution in [3.63, 3.8) is 0 Å². The summed E-state index contributed by atoms with van der Waals surface area (Å²) in [5.41, 5.74) is 0. The molecule has 0 unspecified atom stereocenters. The van der Waals surface area contributed by atoms with Crippen molar-refractivity contribution < 1.29 is 29.7 Å². The zero-order chi connectivity index (χ0) is 17.9. The molecule has 0 saturated carbocycles. The van der Waals surface area contributed by atoms with Gasteiger partial charge in [0.2, 0.25) is 0 Å². The van der Waals surface area contributed by atoms with E-state index < -0.39 is 17.9 Å². The lowest BCUT2D eigenvalue weighted by molar-refractivity contribution is -0.140. The maximum Gasteiger partial charge on any atom is 0.317 e. The van der Waals surface area contributed by atoms with Gasteiger partial charge in [0.05, 0.1) is 19.6 Å². The summed E-state index contributed by atoms with van der Waals surface area (Å²) in [5, 5.41) is 30.1. The summed E-state index contributed by atoms with van der Waals surface area (Å²) in [4.78, 5) is 38.1. The first-order chi connectivity index (χ1) is 11.4. The van der Waals surface area contributed by atoms with E-state index in [0.29, 0.717) is 52.4 Å². The number of hydrogen-bond donors (Lipinski definition) is 4. The van der Waals surface area contributed by atoms with Crippen LogP contribution in [-0.2, 0) is 14.4 Å². The normalized spacial score (nSPS) is 19.2. The van der Waals surface area contributed by atoms with Crippen molar-refractivity contribution in [2.75, 3.05) is 72.0 Å². The zero-order valence-corrected chi connectivity index (χ0v) is 15.8. The van der Waals surface area contributed by atoms with Crippen LogP contribution in [0.4, 0.5) is 0 Å². The maximum atomic E-state index is 11.0. The van der Waals surface area contributed by atoms with E-state index in [-0.39, 0.29) is 36.6 Å². The van der Waals surface area contributed by atoms with Gasteiger partial charge in [-0.3, -0.25) is 29.1 Å². The van der Waals surface area contributed by atoms with Crippen molar-refractivity contribution in [1.29, 1.82) is 0 Å². The summed E-state index contributed by atoms with van der Waals surface area (Å²) >= 11 is 0. The van der Waals surface area contributed by atoms with Gasteiger partial charge in [-0.1, -0.05) is 0 Å². The van der Waals surface area contributed by atoms with Crippen LogP contribution in [0.5, 0.6) is 0 Å². The largest absolute Gasteiger partial charge is 0.480 e. The highest BCUT2D eigenvalue weighted by atomic mass is 79.9. The molecule has 10 nitrogen and oxygen atoms in total. The number of carboxylic acids is 3. The van der Waals surface area contributed by atoms with Crippen molar-refractivity contribution in [3.8, 4) is 0 Å². The Morgan fingerprint density at radius 2 is 0.920 bits per heavy atom. The molecule has 0 aromatic rings. The lowest BCUT2D eigenvalue weighted by Crippen LogP contribution is -2.47. The van der Waals surface area contributed by atoms with Crippen molar-refractivity contribution in [2.45, 2.75) is 0 Å². The minimum Gasteiger partial charge on any atom is -0.480 e. The summed E-state index contributed by atoms with van der Waals surface area (Å²) < 4.78 is 0. The number of hydrogen-bond acceptors (Lipinski definition) is 7. The van der Waals surface area contributed by atoms with Crippen LogP contribution in [0.3, 0.4) is 0 Å². The molecule has 11 heteroatoms. The molecule has 1 heterocycles. The first kappa shape index (κ1) is 23.7. The third-order valence-electron chi connectivity index (χ3n) is 3.75. The molecular formula is C14H27BrN4O6. The average Bonchev–Trinajstić information content (AvgIpc) is 2.45. The number of aliphatic carboxylic acids is 3. The highest BCUT2D eigenvalue weighted by molar-refractivity contribution is 8.93. The number of halogens is 1. The second kappa shape index (κ2) is 13.0. The molecule has 4 N–H and O–H groups in total. The van der Waals surface area contributed by atoms with Crippen molar-refractivity contribution in [1.82, 2.24) is 20.0 Å². The Labute approximate surface area is 157 Å². The van der Waals surface area contributed by atoms with Gasteiger partial charge in [0.25, 0.3) is 0 Å². The molecule has 0 aromatic carbocycles. The van der Waals surface area contributed by atoms with Gasteiger partial charge in [-0.15, -0.1) is 17.0 Å². The zero-order valence-electron chi connectivity index (χ0n) is 14.1. The third kappa shape index (κ3) is 11.8. The lowest BCUT2D eigenvalue weighted by Gasteiger charge is -2.29. The minimum absolute atomic E-state index is 0. The Balaban J connectivity index is 0.00000576. The van der Waals surface area contributed by atoms with Crippen LogP contribution in [0.15, 0.2) is 0 Å². The van der Waals surface area contributed by atoms with E-state index in [1.807, 2.05) is 0 Å². The van der Waals surface area contributed by atoms with Gasteiger partial charge in [-0.25, -0.2) is 0 Å². The van der Waals surface area contributed by atoms with E-state index in [1.165, 1.54) is 0 Å². The molecule has 1 rings (SSSR count). The molecule has 1 fully saturated rings. The molecule has 0 amide bonds. The minimum atomic E-state index is -0.960. The SMILES string of the molecule is Br.O=C(O)CN1CCNCCN(CC(=O)O)CCN(CC(=O)O)CC1. The van der Waals surface area contributed by atoms with Gasteiger partial charge in [0, 0.05) is 52.4 Å². The highest BCUT2D eigenvalue weighted by Gasteiger charge is 2.17. The van der Waals surface area contributed by atoms with E-state index >= 15 is 0 Å². The van der Waals surface area contributed by atoms with Crippen molar-refractivity contribution >= 4 is 34.9 Å². The quantitative estimate of drug-likeness (QED) is 0.390. The van der Waals surface area contributed by atoms with Gasteiger partial charge in [0.15, 0.2) is 0 Å². The van der Waals surface area contributed by atoms with Crippen molar-refractivity contribution in [3.05, 3.63) is 0 Å². The fourth-order valence-corrected chi connectivity index (χ4v) is 2.55. The lowest BCUT2D eigenvalue weighted by atomic mass is 10.3. The summed E-state index contributed by atoms with van der Waals surface area (Å²) in [5.74, 6) is -2.79. The van der Waals surface area contributed by atoms with E-state index in [0.717, 1.165) is 0 Å². The second-order valence-corrected chi connectivity index (χ2v) is 5.76. The third-order valence-corrected chi connectivity index (χ3v) is 3.75. The summed E-state index contributed by atoms with van der Waals surface area (Å²) in [7, 11) is 0. The van der Waals surface area contributed by atoms with E-state index in [4.69, 9.17) is 15.3 Å². The fraction of sp³-hybridized carbons (Fsp3) is 0.786. The molecule has 1 saturated heterocycles. The van der Waals surface area contributed by atoms with Gasteiger partial charge >= 0.3 is 17.9 Å². The predicted molar refractivity (Wildman–Crippen MR) is 95.4 cm³/mol. The predicted octanol–water partition coefficient (Wildman–Crippen LogP) is -1.67. The monoisotopic (exact) mass is 426 g/mol. The smallest absolute Gasteiger partial charge is 0.317 e. The Hall–Kier alpha value is -1.27. The van der Waals surface area contributed by atoms with Gasteiger partial charge in [-0.2, -0.15) is 0 Å². The molecule has 146 valence electrons. The molecule has 0 radical (unpaired) electrons. The van der Waals surface area contributed by atoms with Crippen molar-refractivity contribution in [2.24, 2.45) is 0 Å². The summed E-state index contributed by atoms with van der Waals surface area (Å²) in [6.07, 6.45) is 0. The number of carboxylic acid groups (broad SMARTS) is 3. The maximum absolute atomic E-state index is 11.0. The Morgan fingerprint density at radius 1 is 0.640 bits per heavy atom.